The van der Waals surface area contributed by atoms with Gasteiger partial charge in [-0.15, -0.1) is 0 Å². The highest BCUT2D eigenvalue weighted by Gasteiger charge is 2.18. The van der Waals surface area contributed by atoms with Crippen molar-refractivity contribution in [1.82, 2.24) is 5.32 Å². The van der Waals surface area contributed by atoms with Gasteiger partial charge in [-0.25, -0.2) is 0 Å². The number of amides is 1. The quantitative estimate of drug-likeness (QED) is 0.257. The Morgan fingerprint density at radius 1 is 0.971 bits per heavy atom. The van der Waals surface area contributed by atoms with E-state index in [0.717, 1.165) is 21.9 Å². The molecular formula is C29H28N2O4. The zero-order chi connectivity index (χ0) is 24.8. The first-order valence-corrected chi connectivity index (χ1v) is 11.6. The minimum Gasteiger partial charge on any atom is -0.481 e. The highest BCUT2D eigenvalue weighted by molar-refractivity contribution is 5.97. The molecule has 0 saturated carbocycles. The van der Waals surface area contributed by atoms with Gasteiger partial charge in [0.2, 0.25) is 0 Å². The second-order valence-corrected chi connectivity index (χ2v) is 8.47. The van der Waals surface area contributed by atoms with E-state index in [1.807, 2.05) is 67.6 Å². The highest BCUT2D eigenvalue weighted by Crippen LogP contribution is 2.30. The molecule has 6 nitrogen and oxygen atoms in total. The summed E-state index contributed by atoms with van der Waals surface area (Å²) in [5.41, 5.74) is 8.74. The molecule has 0 unspecified atom stereocenters. The maximum absolute atomic E-state index is 13.4. The molecule has 0 aromatic heterocycles. The Morgan fingerprint density at radius 2 is 1.71 bits per heavy atom. The van der Waals surface area contributed by atoms with E-state index in [9.17, 15) is 9.59 Å². The van der Waals surface area contributed by atoms with Crippen LogP contribution in [0.25, 0.3) is 10.8 Å². The zero-order valence-corrected chi connectivity index (χ0v) is 19.5. The molecule has 6 heteroatoms. The average molecular weight is 469 g/mol. The summed E-state index contributed by atoms with van der Waals surface area (Å²) in [7, 11) is 0. The zero-order valence-electron chi connectivity index (χ0n) is 19.5. The van der Waals surface area contributed by atoms with E-state index in [2.05, 4.69) is 5.32 Å². The topological polar surface area (TPSA) is 102 Å². The molecule has 4 aromatic rings. The van der Waals surface area contributed by atoms with Crippen LogP contribution in [0, 0.1) is 0 Å². The van der Waals surface area contributed by atoms with Crippen molar-refractivity contribution in [2.45, 2.75) is 32.2 Å². The minimum atomic E-state index is -0.861. The molecule has 0 saturated heterocycles. The SMILES string of the molecule is C[C@@H](NC(=O)c1cc(Oc2ccccc2N)ccc1CCCC(=O)O)c1cccc2ccccc12. The average Bonchev–Trinajstić information content (AvgIpc) is 2.85. The number of rotatable bonds is 9. The smallest absolute Gasteiger partial charge is 0.303 e. The third-order valence-electron chi connectivity index (χ3n) is 5.95. The van der Waals surface area contributed by atoms with E-state index >= 15 is 0 Å². The lowest BCUT2D eigenvalue weighted by Gasteiger charge is -2.19. The van der Waals surface area contributed by atoms with E-state index in [-0.39, 0.29) is 18.4 Å². The van der Waals surface area contributed by atoms with Gasteiger partial charge in [0.05, 0.1) is 11.7 Å². The van der Waals surface area contributed by atoms with Gasteiger partial charge in [0, 0.05) is 12.0 Å². The van der Waals surface area contributed by atoms with E-state index < -0.39 is 5.97 Å². The molecule has 35 heavy (non-hydrogen) atoms. The van der Waals surface area contributed by atoms with Gasteiger partial charge in [-0.05, 0) is 65.9 Å². The van der Waals surface area contributed by atoms with Crippen molar-refractivity contribution >= 4 is 28.3 Å². The minimum absolute atomic E-state index is 0.0340. The summed E-state index contributed by atoms with van der Waals surface area (Å²) in [6.07, 6.45) is 0.929. The van der Waals surface area contributed by atoms with E-state index in [1.165, 1.54) is 0 Å². The van der Waals surface area contributed by atoms with E-state index in [1.54, 1.807) is 24.3 Å². The summed E-state index contributed by atoms with van der Waals surface area (Å²) in [6, 6.07) is 26.3. The number of benzene rings is 4. The van der Waals surface area contributed by atoms with Gasteiger partial charge in [0.15, 0.2) is 0 Å². The number of carboxylic acid groups (broad SMARTS) is 1. The summed E-state index contributed by atoms with van der Waals surface area (Å²) in [4.78, 5) is 24.4. The van der Waals surface area contributed by atoms with Crippen molar-refractivity contribution in [2.24, 2.45) is 0 Å². The number of hydrogen-bond donors (Lipinski definition) is 3. The second-order valence-electron chi connectivity index (χ2n) is 8.47. The fourth-order valence-electron chi connectivity index (χ4n) is 4.16. The largest absolute Gasteiger partial charge is 0.481 e. The van der Waals surface area contributed by atoms with Gasteiger partial charge >= 0.3 is 5.97 Å². The maximum Gasteiger partial charge on any atom is 0.303 e. The Kier molecular flexibility index (Phi) is 7.31. The summed E-state index contributed by atoms with van der Waals surface area (Å²) >= 11 is 0. The lowest BCUT2D eigenvalue weighted by Crippen LogP contribution is -2.27. The van der Waals surface area contributed by atoms with E-state index in [0.29, 0.717) is 35.6 Å². The second kappa shape index (κ2) is 10.7. The number of para-hydroxylation sites is 2. The van der Waals surface area contributed by atoms with Crippen molar-refractivity contribution in [3.63, 3.8) is 0 Å². The molecule has 4 N–H and O–H groups in total. The molecule has 178 valence electrons. The van der Waals surface area contributed by atoms with Gasteiger partial charge in [-0.2, -0.15) is 0 Å². The molecule has 1 atom stereocenters. The van der Waals surface area contributed by atoms with Crippen molar-refractivity contribution in [1.29, 1.82) is 0 Å². The molecule has 1 amide bonds. The fourth-order valence-corrected chi connectivity index (χ4v) is 4.16. The van der Waals surface area contributed by atoms with Crippen LogP contribution in [0.15, 0.2) is 84.9 Å². The first kappa shape index (κ1) is 23.8. The first-order valence-electron chi connectivity index (χ1n) is 11.6. The number of ether oxygens (including phenoxy) is 1. The van der Waals surface area contributed by atoms with Crippen molar-refractivity contribution < 1.29 is 19.4 Å². The van der Waals surface area contributed by atoms with Crippen molar-refractivity contribution in [3.8, 4) is 11.5 Å². The van der Waals surface area contributed by atoms with Crippen LogP contribution in [0.4, 0.5) is 5.69 Å². The Morgan fingerprint density at radius 3 is 2.51 bits per heavy atom. The number of fused-ring (bicyclic) bond motifs is 1. The summed E-state index contributed by atoms with van der Waals surface area (Å²) in [5, 5.41) is 14.3. The number of nitrogens with two attached hydrogens (primary N) is 1. The van der Waals surface area contributed by atoms with Crippen LogP contribution in [0.1, 0.15) is 47.3 Å². The van der Waals surface area contributed by atoms with Gasteiger partial charge in [0.1, 0.15) is 11.5 Å². The summed E-state index contributed by atoms with van der Waals surface area (Å²) < 4.78 is 5.95. The van der Waals surface area contributed by atoms with Crippen LogP contribution in [0.3, 0.4) is 0 Å². The molecule has 4 rings (SSSR count). The summed E-state index contributed by atoms with van der Waals surface area (Å²) in [6.45, 7) is 1.95. The molecule has 0 spiro atoms. The molecule has 4 aromatic carbocycles. The Bertz CT molecular complexity index is 1360. The number of carboxylic acids is 1. The number of carbonyl (C=O) groups is 2. The van der Waals surface area contributed by atoms with Crippen LogP contribution in [-0.4, -0.2) is 17.0 Å². The number of nitrogens with one attached hydrogen (secondary N) is 1. The molecule has 0 heterocycles. The van der Waals surface area contributed by atoms with Crippen molar-refractivity contribution in [2.75, 3.05) is 5.73 Å². The number of aliphatic carboxylic acids is 1. The molecule has 0 aliphatic carbocycles. The number of anilines is 1. The highest BCUT2D eigenvalue weighted by atomic mass is 16.5. The first-order chi connectivity index (χ1) is 16.9. The Labute approximate surface area is 204 Å². The van der Waals surface area contributed by atoms with Gasteiger partial charge in [0.25, 0.3) is 5.91 Å². The number of carbonyl (C=O) groups excluding carboxylic acids is 1. The lowest BCUT2D eigenvalue weighted by atomic mass is 9.98. The number of nitrogen functional groups attached to an aromatic ring is 1. The molecular weight excluding hydrogens is 440 g/mol. The molecule has 0 aliphatic heterocycles. The number of hydrogen-bond acceptors (Lipinski definition) is 4. The predicted molar refractivity (Wildman–Crippen MR) is 138 cm³/mol. The molecule has 0 fully saturated rings. The number of aryl methyl sites for hydroxylation is 1. The third kappa shape index (κ3) is 5.79. The monoisotopic (exact) mass is 468 g/mol. The third-order valence-corrected chi connectivity index (χ3v) is 5.95. The lowest BCUT2D eigenvalue weighted by molar-refractivity contribution is -0.137. The van der Waals surface area contributed by atoms with Crippen LogP contribution < -0.4 is 15.8 Å². The maximum atomic E-state index is 13.4. The van der Waals surface area contributed by atoms with Gasteiger partial charge < -0.3 is 20.9 Å². The molecule has 0 aliphatic rings. The van der Waals surface area contributed by atoms with Crippen LogP contribution in [0.5, 0.6) is 11.5 Å². The van der Waals surface area contributed by atoms with Crippen LogP contribution in [-0.2, 0) is 11.2 Å². The Balaban J connectivity index is 1.61. The Hall–Kier alpha value is -4.32. The van der Waals surface area contributed by atoms with Crippen molar-refractivity contribution in [3.05, 3.63) is 102 Å². The van der Waals surface area contributed by atoms with Gasteiger partial charge in [-0.3, -0.25) is 9.59 Å². The fraction of sp³-hybridized carbons (Fsp3) is 0.172. The van der Waals surface area contributed by atoms with Crippen LogP contribution >= 0.6 is 0 Å². The van der Waals surface area contributed by atoms with Crippen LogP contribution in [0.2, 0.25) is 0 Å². The molecule has 0 radical (unpaired) electrons. The predicted octanol–water partition coefficient (Wildman–Crippen LogP) is 6.11. The summed E-state index contributed by atoms with van der Waals surface area (Å²) in [5.74, 6) is -0.128. The van der Waals surface area contributed by atoms with E-state index in [4.69, 9.17) is 15.6 Å². The normalized spacial score (nSPS) is 11.7. The molecule has 0 bridgehead atoms. The van der Waals surface area contributed by atoms with Gasteiger partial charge in [-0.1, -0.05) is 60.7 Å². The standard InChI is InChI=1S/C29H28N2O4/c1-19(23-12-6-9-20-8-2-3-11-24(20)23)31-29(34)25-18-22(35-27-14-5-4-13-26(27)30)17-16-21(25)10-7-15-28(32)33/h2-6,8-9,11-14,16-19H,7,10,15,30H2,1H3,(H,31,34)(H,32,33)/t19-/m1/s1.